The van der Waals surface area contributed by atoms with Gasteiger partial charge in [0.1, 0.15) is 0 Å². The zero-order valence-corrected chi connectivity index (χ0v) is 7.91. The standard InChI is InChI=1S/C8H7Cl.C3H3N/c9-7-6-8-4-2-1-3-5-8;1-2-3-4/h1-7H;2H,1H2/b7-6+;. The molecule has 0 aliphatic heterocycles. The van der Waals surface area contributed by atoms with Gasteiger partial charge in [-0.15, -0.1) is 0 Å². The Morgan fingerprint density at radius 2 is 1.85 bits per heavy atom. The molecule has 0 aliphatic rings. The van der Waals surface area contributed by atoms with Crippen LogP contribution < -0.4 is 0 Å². The molecule has 1 rings (SSSR count). The Morgan fingerprint density at radius 1 is 1.31 bits per heavy atom. The van der Waals surface area contributed by atoms with E-state index in [0.717, 1.165) is 5.56 Å². The maximum atomic E-state index is 7.51. The summed E-state index contributed by atoms with van der Waals surface area (Å²) in [5.74, 6) is 0. The van der Waals surface area contributed by atoms with Crippen LogP contribution in [0.4, 0.5) is 0 Å². The SMILES string of the molecule is C=CC#N.Cl/C=C/c1ccccc1. The van der Waals surface area contributed by atoms with Crippen LogP contribution in [0.1, 0.15) is 5.56 Å². The van der Waals surface area contributed by atoms with E-state index in [2.05, 4.69) is 6.58 Å². The number of hydrogen-bond donors (Lipinski definition) is 0. The number of allylic oxidation sites excluding steroid dienone is 1. The van der Waals surface area contributed by atoms with Gasteiger partial charge in [0.15, 0.2) is 0 Å². The predicted octanol–water partition coefficient (Wildman–Crippen LogP) is 3.59. The Bertz CT molecular complexity index is 296. The molecule has 13 heavy (non-hydrogen) atoms. The van der Waals surface area contributed by atoms with Gasteiger partial charge in [0, 0.05) is 11.6 Å². The monoisotopic (exact) mass is 191 g/mol. The van der Waals surface area contributed by atoms with Crippen LogP contribution in [0.2, 0.25) is 0 Å². The van der Waals surface area contributed by atoms with E-state index in [1.54, 1.807) is 6.07 Å². The summed E-state index contributed by atoms with van der Waals surface area (Å²) >= 11 is 5.36. The maximum absolute atomic E-state index is 7.51. The Hall–Kier alpha value is -1.52. The Labute approximate surface area is 83.6 Å². The van der Waals surface area contributed by atoms with E-state index in [-0.39, 0.29) is 0 Å². The van der Waals surface area contributed by atoms with Crippen molar-refractivity contribution < 1.29 is 0 Å². The van der Waals surface area contributed by atoms with E-state index >= 15 is 0 Å². The van der Waals surface area contributed by atoms with Crippen LogP contribution in [-0.4, -0.2) is 0 Å². The second-order valence-electron chi connectivity index (χ2n) is 2.04. The first kappa shape index (κ1) is 11.5. The average molecular weight is 192 g/mol. The quantitative estimate of drug-likeness (QED) is 0.623. The summed E-state index contributed by atoms with van der Waals surface area (Å²) in [6.07, 6.45) is 3.03. The molecule has 0 amide bonds. The van der Waals surface area contributed by atoms with Crippen molar-refractivity contribution >= 4 is 17.7 Å². The maximum Gasteiger partial charge on any atom is 0.0905 e. The lowest BCUT2D eigenvalue weighted by Gasteiger charge is -1.86. The Kier molecular flexibility index (Phi) is 7.57. The number of hydrogen-bond acceptors (Lipinski definition) is 1. The van der Waals surface area contributed by atoms with Crippen molar-refractivity contribution in [2.75, 3.05) is 0 Å². The highest BCUT2D eigenvalue weighted by Gasteiger charge is 1.78. The normalized spacial score (nSPS) is 8.31. The molecule has 0 aliphatic carbocycles. The average Bonchev–Trinajstić information content (AvgIpc) is 2.20. The van der Waals surface area contributed by atoms with Gasteiger partial charge in [-0.05, 0) is 11.6 Å². The molecule has 0 spiro atoms. The third-order valence-corrected chi connectivity index (χ3v) is 1.27. The van der Waals surface area contributed by atoms with Crippen LogP contribution in [-0.2, 0) is 0 Å². The van der Waals surface area contributed by atoms with Gasteiger partial charge < -0.3 is 0 Å². The molecule has 1 nitrogen and oxygen atoms in total. The number of halogens is 1. The minimum absolute atomic E-state index is 1.13. The van der Waals surface area contributed by atoms with Crippen molar-refractivity contribution in [3.8, 4) is 6.07 Å². The molecule has 2 heteroatoms. The first-order valence-electron chi connectivity index (χ1n) is 3.67. The van der Waals surface area contributed by atoms with Crippen molar-refractivity contribution in [2.24, 2.45) is 0 Å². The molecular formula is C11H10ClN. The summed E-state index contributed by atoms with van der Waals surface area (Å²) in [5, 5.41) is 7.51. The van der Waals surface area contributed by atoms with Crippen LogP contribution in [0.3, 0.4) is 0 Å². The molecular weight excluding hydrogens is 182 g/mol. The first-order chi connectivity index (χ1) is 6.35. The molecule has 0 radical (unpaired) electrons. The van der Waals surface area contributed by atoms with Crippen molar-refractivity contribution in [1.29, 1.82) is 5.26 Å². The highest BCUT2D eigenvalue weighted by molar-refractivity contribution is 6.27. The molecule has 0 unspecified atom stereocenters. The van der Waals surface area contributed by atoms with Crippen LogP contribution in [0.15, 0.2) is 48.5 Å². The minimum atomic E-state index is 1.13. The second kappa shape index (κ2) is 8.58. The number of nitrogens with zero attached hydrogens (tertiary/aromatic N) is 1. The minimum Gasteiger partial charge on any atom is -0.193 e. The summed E-state index contributed by atoms with van der Waals surface area (Å²) < 4.78 is 0. The third-order valence-electron chi connectivity index (χ3n) is 1.15. The molecule has 0 N–H and O–H groups in total. The van der Waals surface area contributed by atoms with Gasteiger partial charge in [0.25, 0.3) is 0 Å². The molecule has 1 aromatic rings. The summed E-state index contributed by atoms with van der Waals surface area (Å²) in [6.45, 7) is 3.12. The Balaban J connectivity index is 0.000000310. The van der Waals surface area contributed by atoms with Crippen LogP contribution >= 0.6 is 11.6 Å². The molecule has 0 atom stereocenters. The summed E-state index contributed by atoms with van der Waals surface area (Å²) in [4.78, 5) is 0. The fourth-order valence-electron chi connectivity index (χ4n) is 0.637. The van der Waals surface area contributed by atoms with Crippen LogP contribution in [0.5, 0.6) is 0 Å². The highest BCUT2D eigenvalue weighted by Crippen LogP contribution is 2.00. The number of nitriles is 1. The summed E-state index contributed by atoms with van der Waals surface area (Å²) in [7, 11) is 0. The molecule has 1 aromatic carbocycles. The molecule has 0 bridgehead atoms. The van der Waals surface area contributed by atoms with Crippen molar-refractivity contribution in [1.82, 2.24) is 0 Å². The first-order valence-corrected chi connectivity index (χ1v) is 4.11. The molecule has 66 valence electrons. The second-order valence-corrected chi connectivity index (χ2v) is 2.29. The van der Waals surface area contributed by atoms with E-state index in [9.17, 15) is 0 Å². The van der Waals surface area contributed by atoms with E-state index < -0.39 is 0 Å². The van der Waals surface area contributed by atoms with Crippen LogP contribution in [0, 0.1) is 11.3 Å². The van der Waals surface area contributed by atoms with Gasteiger partial charge in [-0.25, -0.2) is 0 Å². The molecule has 0 saturated heterocycles. The van der Waals surface area contributed by atoms with Gasteiger partial charge in [0.05, 0.1) is 6.07 Å². The lowest BCUT2D eigenvalue weighted by molar-refractivity contribution is 1.54. The molecule has 0 aromatic heterocycles. The predicted molar refractivity (Wildman–Crippen MR) is 57.1 cm³/mol. The highest BCUT2D eigenvalue weighted by atomic mass is 35.5. The largest absolute Gasteiger partial charge is 0.193 e. The zero-order chi connectivity index (χ0) is 9.94. The summed E-state index contributed by atoms with van der Waals surface area (Å²) in [6, 6.07) is 11.6. The zero-order valence-electron chi connectivity index (χ0n) is 7.15. The fourth-order valence-corrected chi connectivity index (χ4v) is 0.782. The molecule has 0 fully saturated rings. The summed E-state index contributed by atoms with van der Waals surface area (Å²) in [5.41, 5.74) is 2.64. The lowest BCUT2D eigenvalue weighted by atomic mass is 10.2. The van der Waals surface area contributed by atoms with Gasteiger partial charge >= 0.3 is 0 Å². The fraction of sp³-hybridized carbons (Fsp3) is 0. The van der Waals surface area contributed by atoms with Crippen LogP contribution in [0.25, 0.3) is 6.08 Å². The Morgan fingerprint density at radius 3 is 2.23 bits per heavy atom. The van der Waals surface area contributed by atoms with E-state index in [0.29, 0.717) is 0 Å². The molecule has 0 saturated carbocycles. The smallest absolute Gasteiger partial charge is 0.0905 e. The third kappa shape index (κ3) is 6.86. The topological polar surface area (TPSA) is 23.8 Å². The number of benzene rings is 1. The van der Waals surface area contributed by atoms with Gasteiger partial charge in [-0.2, -0.15) is 5.26 Å². The van der Waals surface area contributed by atoms with E-state index in [4.69, 9.17) is 16.9 Å². The lowest BCUT2D eigenvalue weighted by Crippen LogP contribution is -1.64. The molecule has 0 heterocycles. The van der Waals surface area contributed by atoms with Crippen molar-refractivity contribution in [2.45, 2.75) is 0 Å². The van der Waals surface area contributed by atoms with Crippen molar-refractivity contribution in [3.05, 3.63) is 54.1 Å². The number of rotatable bonds is 1. The van der Waals surface area contributed by atoms with E-state index in [1.165, 1.54) is 11.6 Å². The van der Waals surface area contributed by atoms with Crippen molar-refractivity contribution in [3.63, 3.8) is 0 Å². The van der Waals surface area contributed by atoms with E-state index in [1.807, 2.05) is 36.4 Å². The van der Waals surface area contributed by atoms with Gasteiger partial charge in [0.2, 0.25) is 0 Å². The van der Waals surface area contributed by atoms with Gasteiger partial charge in [-0.3, -0.25) is 0 Å². The van der Waals surface area contributed by atoms with Gasteiger partial charge in [-0.1, -0.05) is 48.5 Å².